The van der Waals surface area contributed by atoms with E-state index in [-0.39, 0.29) is 19.3 Å². The van der Waals surface area contributed by atoms with Crippen molar-refractivity contribution >= 4 is 12.2 Å². The van der Waals surface area contributed by atoms with Crippen LogP contribution in [0.2, 0.25) is 0 Å². The molecule has 8 nitrogen and oxygen atoms in total. The molecule has 8 heteroatoms. The van der Waals surface area contributed by atoms with E-state index in [0.29, 0.717) is 26.2 Å². The number of amides is 2. The van der Waals surface area contributed by atoms with E-state index in [1.807, 2.05) is 51.1 Å². The molecule has 0 radical (unpaired) electrons. The van der Waals surface area contributed by atoms with Crippen LogP contribution >= 0.6 is 0 Å². The SMILES string of the molecule is CN(CCN(CCO)CCCCCCNC(=O)OCc1ccccc1)C(=O)OC(C)(C)C. The first kappa shape index (κ1) is 27.7. The van der Waals surface area contributed by atoms with Crippen LogP contribution in [0.3, 0.4) is 0 Å². The molecule has 0 aliphatic heterocycles. The Morgan fingerprint density at radius 1 is 0.969 bits per heavy atom. The highest BCUT2D eigenvalue weighted by atomic mass is 16.6. The van der Waals surface area contributed by atoms with Crippen LogP contribution in [0, 0.1) is 0 Å². The molecule has 1 rings (SSSR count). The second-order valence-electron chi connectivity index (χ2n) is 8.87. The summed E-state index contributed by atoms with van der Waals surface area (Å²) in [7, 11) is 1.73. The van der Waals surface area contributed by atoms with Gasteiger partial charge in [-0.3, -0.25) is 4.90 Å². The second-order valence-corrected chi connectivity index (χ2v) is 8.87. The molecule has 1 aromatic carbocycles. The highest BCUT2D eigenvalue weighted by Crippen LogP contribution is 2.09. The fraction of sp³-hybridized carbons (Fsp3) is 0.667. The fourth-order valence-corrected chi connectivity index (χ4v) is 2.98. The van der Waals surface area contributed by atoms with Crippen molar-refractivity contribution in [2.75, 3.05) is 46.4 Å². The van der Waals surface area contributed by atoms with E-state index in [0.717, 1.165) is 37.8 Å². The number of aliphatic hydroxyl groups excluding tert-OH is 1. The number of likely N-dealkylation sites (N-methyl/N-ethyl adjacent to an activating group) is 1. The summed E-state index contributed by atoms with van der Waals surface area (Å²) < 4.78 is 10.5. The van der Waals surface area contributed by atoms with Crippen molar-refractivity contribution in [1.82, 2.24) is 15.1 Å². The molecule has 1 aromatic rings. The number of carbonyl (C=O) groups is 2. The number of ether oxygens (including phenoxy) is 2. The third-order valence-electron chi connectivity index (χ3n) is 4.76. The highest BCUT2D eigenvalue weighted by Gasteiger charge is 2.19. The van der Waals surface area contributed by atoms with E-state index in [1.54, 1.807) is 11.9 Å². The maximum atomic E-state index is 12.0. The number of unbranched alkanes of at least 4 members (excludes halogenated alkanes) is 3. The van der Waals surface area contributed by atoms with Crippen molar-refractivity contribution in [1.29, 1.82) is 0 Å². The molecule has 0 saturated carbocycles. The average Bonchev–Trinajstić information content (AvgIpc) is 2.74. The lowest BCUT2D eigenvalue weighted by Gasteiger charge is -2.27. The van der Waals surface area contributed by atoms with Gasteiger partial charge in [0.15, 0.2) is 0 Å². The number of benzene rings is 1. The zero-order valence-corrected chi connectivity index (χ0v) is 20.1. The molecule has 182 valence electrons. The Balaban J connectivity index is 2.11. The standard InChI is InChI=1S/C24H41N3O5/c1-24(2,3)32-23(30)26(4)16-17-27(18-19-28)15-11-6-5-10-14-25-22(29)31-20-21-12-8-7-9-13-21/h7-9,12-13,28H,5-6,10-11,14-20H2,1-4H3,(H,25,29). The minimum absolute atomic E-state index is 0.0885. The van der Waals surface area contributed by atoms with Gasteiger partial charge in [-0.1, -0.05) is 43.2 Å². The summed E-state index contributed by atoms with van der Waals surface area (Å²) in [5.74, 6) is 0. The monoisotopic (exact) mass is 451 g/mol. The number of hydrogen-bond donors (Lipinski definition) is 2. The predicted molar refractivity (Wildman–Crippen MR) is 125 cm³/mol. The van der Waals surface area contributed by atoms with E-state index < -0.39 is 11.7 Å². The fourth-order valence-electron chi connectivity index (χ4n) is 2.98. The van der Waals surface area contributed by atoms with Crippen LogP contribution in [-0.2, 0) is 16.1 Å². The highest BCUT2D eigenvalue weighted by molar-refractivity contribution is 5.67. The van der Waals surface area contributed by atoms with Crippen LogP contribution in [0.4, 0.5) is 9.59 Å². The summed E-state index contributed by atoms with van der Waals surface area (Å²) in [4.78, 5) is 27.5. The Labute approximate surface area is 192 Å². The Hall–Kier alpha value is -2.32. The van der Waals surface area contributed by atoms with Crippen molar-refractivity contribution in [2.24, 2.45) is 0 Å². The van der Waals surface area contributed by atoms with Gasteiger partial charge in [-0.25, -0.2) is 9.59 Å². The molecule has 2 N–H and O–H groups in total. The first-order valence-electron chi connectivity index (χ1n) is 11.4. The van der Waals surface area contributed by atoms with E-state index >= 15 is 0 Å². The van der Waals surface area contributed by atoms with Crippen LogP contribution in [0.1, 0.15) is 52.0 Å². The van der Waals surface area contributed by atoms with Crippen molar-refractivity contribution in [3.63, 3.8) is 0 Å². The molecule has 0 aromatic heterocycles. The Bertz CT molecular complexity index is 649. The summed E-state index contributed by atoms with van der Waals surface area (Å²) >= 11 is 0. The third-order valence-corrected chi connectivity index (χ3v) is 4.76. The molecule has 32 heavy (non-hydrogen) atoms. The van der Waals surface area contributed by atoms with E-state index in [2.05, 4.69) is 10.2 Å². The molecule has 0 atom stereocenters. The van der Waals surface area contributed by atoms with Gasteiger partial charge >= 0.3 is 12.2 Å². The maximum Gasteiger partial charge on any atom is 0.410 e. The molecule has 0 heterocycles. The molecular formula is C24H41N3O5. The summed E-state index contributed by atoms with van der Waals surface area (Å²) in [5, 5.41) is 12.1. The Morgan fingerprint density at radius 2 is 1.66 bits per heavy atom. The predicted octanol–water partition coefficient (Wildman–Crippen LogP) is 3.63. The number of rotatable bonds is 14. The van der Waals surface area contributed by atoms with Crippen LogP contribution < -0.4 is 5.32 Å². The van der Waals surface area contributed by atoms with Gasteiger partial charge in [-0.15, -0.1) is 0 Å². The van der Waals surface area contributed by atoms with E-state index in [1.165, 1.54) is 0 Å². The zero-order chi connectivity index (χ0) is 23.8. The number of nitrogens with one attached hydrogen (secondary N) is 1. The van der Waals surface area contributed by atoms with Crippen LogP contribution in [0.15, 0.2) is 30.3 Å². The van der Waals surface area contributed by atoms with Crippen molar-refractivity contribution < 1.29 is 24.2 Å². The molecular weight excluding hydrogens is 410 g/mol. The van der Waals surface area contributed by atoms with Gasteiger partial charge in [-0.05, 0) is 45.7 Å². The summed E-state index contributed by atoms with van der Waals surface area (Å²) in [6.07, 6.45) is 3.19. The number of alkyl carbamates (subject to hydrolysis) is 1. The molecule has 0 spiro atoms. The smallest absolute Gasteiger partial charge is 0.410 e. The quantitative estimate of drug-likeness (QED) is 0.420. The minimum atomic E-state index is -0.510. The molecule has 0 bridgehead atoms. The number of carbonyl (C=O) groups excluding carboxylic acids is 2. The van der Waals surface area contributed by atoms with Gasteiger partial charge in [0.2, 0.25) is 0 Å². The Kier molecular flexibility index (Phi) is 13.4. The summed E-state index contributed by atoms with van der Waals surface area (Å²) in [5.41, 5.74) is 0.455. The van der Waals surface area contributed by atoms with Gasteiger partial charge in [0, 0.05) is 33.2 Å². The van der Waals surface area contributed by atoms with E-state index in [9.17, 15) is 14.7 Å². The maximum absolute atomic E-state index is 12.0. The molecule has 0 fully saturated rings. The zero-order valence-electron chi connectivity index (χ0n) is 20.1. The first-order chi connectivity index (χ1) is 15.2. The molecule has 0 saturated heterocycles. The lowest BCUT2D eigenvalue weighted by Crippen LogP contribution is -2.40. The van der Waals surface area contributed by atoms with Crippen LogP contribution in [0.25, 0.3) is 0 Å². The topological polar surface area (TPSA) is 91.3 Å². The number of hydrogen-bond acceptors (Lipinski definition) is 6. The lowest BCUT2D eigenvalue weighted by atomic mass is 10.2. The summed E-state index contributed by atoms with van der Waals surface area (Å²) in [6, 6.07) is 9.59. The second kappa shape index (κ2) is 15.5. The van der Waals surface area contributed by atoms with Crippen molar-refractivity contribution in [3.8, 4) is 0 Å². The molecule has 0 aliphatic carbocycles. The number of nitrogens with zero attached hydrogens (tertiary/aromatic N) is 2. The van der Waals surface area contributed by atoms with Crippen LogP contribution in [-0.4, -0.2) is 79.1 Å². The average molecular weight is 452 g/mol. The Morgan fingerprint density at radius 3 is 2.31 bits per heavy atom. The molecule has 0 aliphatic rings. The van der Waals surface area contributed by atoms with Gasteiger partial charge in [0.25, 0.3) is 0 Å². The lowest BCUT2D eigenvalue weighted by molar-refractivity contribution is 0.0280. The first-order valence-corrected chi connectivity index (χ1v) is 11.4. The van der Waals surface area contributed by atoms with Gasteiger partial charge in [0.05, 0.1) is 6.61 Å². The van der Waals surface area contributed by atoms with Gasteiger partial charge < -0.3 is 24.8 Å². The van der Waals surface area contributed by atoms with E-state index in [4.69, 9.17) is 9.47 Å². The summed E-state index contributed by atoms with van der Waals surface area (Å²) in [6.45, 7) is 9.16. The van der Waals surface area contributed by atoms with Gasteiger partial charge in [-0.2, -0.15) is 0 Å². The normalized spacial score (nSPS) is 11.3. The van der Waals surface area contributed by atoms with Gasteiger partial charge in [0.1, 0.15) is 12.2 Å². The van der Waals surface area contributed by atoms with Crippen molar-refractivity contribution in [2.45, 2.75) is 58.7 Å². The van der Waals surface area contributed by atoms with Crippen molar-refractivity contribution in [3.05, 3.63) is 35.9 Å². The largest absolute Gasteiger partial charge is 0.445 e. The van der Waals surface area contributed by atoms with Crippen LogP contribution in [0.5, 0.6) is 0 Å². The third kappa shape index (κ3) is 13.9. The molecule has 0 unspecified atom stereocenters. The molecule has 2 amide bonds. The minimum Gasteiger partial charge on any atom is -0.445 e. The number of aliphatic hydroxyl groups is 1.